The highest BCUT2D eigenvalue weighted by molar-refractivity contribution is 5.25. The number of hydrogen-bond donors (Lipinski definition) is 1. The summed E-state index contributed by atoms with van der Waals surface area (Å²) in [6, 6.07) is 14.8. The van der Waals surface area contributed by atoms with Crippen molar-refractivity contribution in [3.63, 3.8) is 0 Å². The van der Waals surface area contributed by atoms with E-state index in [-0.39, 0.29) is 5.92 Å². The topological polar surface area (TPSA) is 39.1 Å². The molecule has 3 heteroatoms. The van der Waals surface area contributed by atoms with Gasteiger partial charge in [0.05, 0.1) is 12.0 Å². The Bertz CT molecular complexity index is 481. The largest absolute Gasteiger partial charge is 0.311 e. The number of likely N-dealkylation sites (N-methyl/N-ethyl adjacent to an activating group) is 1. The summed E-state index contributed by atoms with van der Waals surface area (Å²) in [6.45, 7) is 4.12. The lowest BCUT2D eigenvalue weighted by atomic mass is 9.95. The van der Waals surface area contributed by atoms with Gasteiger partial charge in [0.2, 0.25) is 0 Å². The van der Waals surface area contributed by atoms with Gasteiger partial charge in [0, 0.05) is 24.7 Å². The normalized spacial score (nSPS) is 29.3. The van der Waals surface area contributed by atoms with E-state index in [1.54, 1.807) is 0 Å². The minimum Gasteiger partial charge on any atom is -0.311 e. The smallest absolute Gasteiger partial charge is 0.0839 e. The monoisotopic (exact) mass is 283 g/mol. The molecule has 112 valence electrons. The summed E-state index contributed by atoms with van der Waals surface area (Å²) >= 11 is 0. The summed E-state index contributed by atoms with van der Waals surface area (Å²) in [7, 11) is 0. The van der Waals surface area contributed by atoms with Crippen molar-refractivity contribution in [1.29, 1.82) is 5.26 Å². The second kappa shape index (κ2) is 6.60. The van der Waals surface area contributed by atoms with Crippen molar-refractivity contribution >= 4 is 0 Å². The molecule has 0 spiro atoms. The van der Waals surface area contributed by atoms with E-state index < -0.39 is 0 Å². The number of nitrogens with one attached hydrogen (secondary N) is 1. The Morgan fingerprint density at radius 1 is 1.24 bits per heavy atom. The van der Waals surface area contributed by atoms with Crippen LogP contribution in [0.15, 0.2) is 30.3 Å². The molecular formula is C18H25N3. The lowest BCUT2D eigenvalue weighted by Gasteiger charge is -2.38. The van der Waals surface area contributed by atoms with Crippen LogP contribution in [0.3, 0.4) is 0 Å². The lowest BCUT2D eigenvalue weighted by molar-refractivity contribution is 0.145. The fourth-order valence-corrected chi connectivity index (χ4v) is 4.00. The number of fused-ring (bicyclic) bond motifs is 2. The van der Waals surface area contributed by atoms with Crippen LogP contribution in [0.4, 0.5) is 0 Å². The summed E-state index contributed by atoms with van der Waals surface area (Å²) in [4.78, 5) is 2.53. The molecule has 0 amide bonds. The van der Waals surface area contributed by atoms with Crippen molar-refractivity contribution in [2.75, 3.05) is 13.1 Å². The first-order valence-electron chi connectivity index (χ1n) is 8.24. The first-order chi connectivity index (χ1) is 10.3. The fraction of sp³-hybridized carbons (Fsp3) is 0.611. The van der Waals surface area contributed by atoms with Gasteiger partial charge in [-0.3, -0.25) is 4.90 Å². The molecule has 2 fully saturated rings. The van der Waals surface area contributed by atoms with Crippen LogP contribution in [0, 0.1) is 11.3 Å². The Morgan fingerprint density at radius 3 is 2.48 bits per heavy atom. The van der Waals surface area contributed by atoms with E-state index in [0.717, 1.165) is 18.7 Å². The standard InChI is InChI=1S/C18H25N3/c1-2-21(18-10-16-8-9-17(11-18)20-16)13-15(12-19)14-6-4-3-5-7-14/h3-7,15-18,20H,2,8-11,13H2,1H3. The van der Waals surface area contributed by atoms with E-state index in [1.165, 1.54) is 25.7 Å². The van der Waals surface area contributed by atoms with Gasteiger partial charge in [-0.2, -0.15) is 5.26 Å². The van der Waals surface area contributed by atoms with Gasteiger partial charge in [0.15, 0.2) is 0 Å². The van der Waals surface area contributed by atoms with E-state index in [0.29, 0.717) is 18.1 Å². The molecule has 3 atom stereocenters. The maximum atomic E-state index is 9.55. The Kier molecular flexibility index (Phi) is 4.57. The molecule has 1 aromatic carbocycles. The Balaban J connectivity index is 1.67. The number of benzene rings is 1. The minimum absolute atomic E-state index is 0.0151. The SMILES string of the molecule is CCN(CC(C#N)c1ccccc1)C1CC2CCC(C1)N2. The molecule has 3 unspecified atom stereocenters. The summed E-state index contributed by atoms with van der Waals surface area (Å²) in [6.07, 6.45) is 5.16. The van der Waals surface area contributed by atoms with Crippen LogP contribution in [0.5, 0.6) is 0 Å². The van der Waals surface area contributed by atoms with Crippen LogP contribution < -0.4 is 5.32 Å². The molecule has 0 radical (unpaired) electrons. The highest BCUT2D eigenvalue weighted by Gasteiger charge is 2.36. The number of piperidine rings is 1. The molecule has 0 aromatic heterocycles. The van der Waals surface area contributed by atoms with Crippen molar-refractivity contribution in [3.8, 4) is 6.07 Å². The van der Waals surface area contributed by atoms with E-state index in [1.807, 2.05) is 18.2 Å². The zero-order chi connectivity index (χ0) is 14.7. The van der Waals surface area contributed by atoms with Gasteiger partial charge in [-0.25, -0.2) is 0 Å². The van der Waals surface area contributed by atoms with Gasteiger partial charge in [-0.15, -0.1) is 0 Å². The van der Waals surface area contributed by atoms with E-state index >= 15 is 0 Å². The molecule has 21 heavy (non-hydrogen) atoms. The molecule has 2 saturated heterocycles. The van der Waals surface area contributed by atoms with Crippen LogP contribution in [0.1, 0.15) is 44.1 Å². The van der Waals surface area contributed by atoms with Crippen molar-refractivity contribution in [2.45, 2.75) is 56.7 Å². The molecule has 2 aliphatic heterocycles. The highest BCUT2D eigenvalue weighted by Crippen LogP contribution is 2.30. The average molecular weight is 283 g/mol. The first kappa shape index (κ1) is 14.6. The van der Waals surface area contributed by atoms with E-state index in [9.17, 15) is 5.26 Å². The summed E-state index contributed by atoms with van der Waals surface area (Å²) in [5.41, 5.74) is 1.15. The van der Waals surface area contributed by atoms with Gasteiger partial charge in [0.1, 0.15) is 0 Å². The van der Waals surface area contributed by atoms with Crippen LogP contribution in [-0.4, -0.2) is 36.1 Å². The third kappa shape index (κ3) is 3.28. The third-order valence-electron chi connectivity index (χ3n) is 5.15. The van der Waals surface area contributed by atoms with Gasteiger partial charge < -0.3 is 5.32 Å². The Morgan fingerprint density at radius 2 is 1.90 bits per heavy atom. The highest BCUT2D eigenvalue weighted by atomic mass is 15.2. The molecule has 1 aromatic rings. The van der Waals surface area contributed by atoms with Gasteiger partial charge in [-0.1, -0.05) is 37.3 Å². The maximum absolute atomic E-state index is 9.55. The molecule has 0 aliphatic carbocycles. The van der Waals surface area contributed by atoms with Gasteiger partial charge in [0.25, 0.3) is 0 Å². The summed E-state index contributed by atoms with van der Waals surface area (Å²) < 4.78 is 0. The molecule has 0 saturated carbocycles. The van der Waals surface area contributed by atoms with Crippen LogP contribution in [0.25, 0.3) is 0 Å². The summed E-state index contributed by atoms with van der Waals surface area (Å²) in [5, 5.41) is 13.3. The molecule has 2 aliphatic rings. The molecule has 2 heterocycles. The Hall–Kier alpha value is -1.37. The van der Waals surface area contributed by atoms with Gasteiger partial charge in [-0.05, 0) is 37.8 Å². The maximum Gasteiger partial charge on any atom is 0.0839 e. The fourth-order valence-electron chi connectivity index (χ4n) is 4.00. The van der Waals surface area contributed by atoms with E-state index in [2.05, 4.69) is 35.3 Å². The zero-order valence-electron chi connectivity index (χ0n) is 12.8. The quantitative estimate of drug-likeness (QED) is 0.903. The third-order valence-corrected chi connectivity index (χ3v) is 5.15. The van der Waals surface area contributed by atoms with Crippen LogP contribution in [0.2, 0.25) is 0 Å². The van der Waals surface area contributed by atoms with E-state index in [4.69, 9.17) is 0 Å². The second-order valence-electron chi connectivity index (χ2n) is 6.44. The minimum atomic E-state index is -0.0151. The van der Waals surface area contributed by atoms with Crippen LogP contribution >= 0.6 is 0 Å². The summed E-state index contributed by atoms with van der Waals surface area (Å²) in [5.74, 6) is -0.0151. The predicted octanol–water partition coefficient (Wildman–Crippen LogP) is 2.90. The van der Waals surface area contributed by atoms with Crippen molar-refractivity contribution in [1.82, 2.24) is 10.2 Å². The second-order valence-corrected chi connectivity index (χ2v) is 6.44. The van der Waals surface area contributed by atoms with Crippen LogP contribution in [-0.2, 0) is 0 Å². The number of nitrogens with zero attached hydrogens (tertiary/aromatic N) is 2. The molecule has 1 N–H and O–H groups in total. The number of nitriles is 1. The van der Waals surface area contributed by atoms with Crippen molar-refractivity contribution in [2.24, 2.45) is 0 Å². The van der Waals surface area contributed by atoms with Crippen molar-refractivity contribution < 1.29 is 0 Å². The lowest BCUT2D eigenvalue weighted by Crippen LogP contribution is -2.49. The van der Waals surface area contributed by atoms with Crippen molar-refractivity contribution in [3.05, 3.63) is 35.9 Å². The Labute approximate surface area is 128 Å². The predicted molar refractivity (Wildman–Crippen MR) is 85.0 cm³/mol. The zero-order valence-corrected chi connectivity index (χ0v) is 12.8. The first-order valence-corrected chi connectivity index (χ1v) is 8.24. The number of hydrogen-bond acceptors (Lipinski definition) is 3. The molecule has 3 rings (SSSR count). The molecule has 3 nitrogen and oxygen atoms in total. The number of rotatable bonds is 5. The molecule has 2 bridgehead atoms. The molecular weight excluding hydrogens is 258 g/mol. The average Bonchev–Trinajstić information content (AvgIpc) is 2.88. The van der Waals surface area contributed by atoms with Gasteiger partial charge >= 0.3 is 0 Å².